The van der Waals surface area contributed by atoms with Crippen molar-refractivity contribution in [1.82, 2.24) is 14.4 Å². The Labute approximate surface area is 166 Å². The summed E-state index contributed by atoms with van der Waals surface area (Å²) in [4.78, 5) is 14.9. The van der Waals surface area contributed by atoms with Crippen LogP contribution in [0.15, 0.2) is 10.6 Å². The van der Waals surface area contributed by atoms with E-state index in [4.69, 9.17) is 4.52 Å². The highest BCUT2D eigenvalue weighted by Gasteiger charge is 2.47. The Kier molecular flexibility index (Phi) is 5.61. The van der Waals surface area contributed by atoms with Gasteiger partial charge >= 0.3 is 0 Å². The summed E-state index contributed by atoms with van der Waals surface area (Å²) in [6, 6.07) is 1.79. The summed E-state index contributed by atoms with van der Waals surface area (Å²) >= 11 is 0. The van der Waals surface area contributed by atoms with Crippen LogP contribution in [-0.4, -0.2) is 78.4 Å². The van der Waals surface area contributed by atoms with Crippen LogP contribution in [0.2, 0.25) is 0 Å². The summed E-state index contributed by atoms with van der Waals surface area (Å²) in [5.41, 5.74) is -0.463. The zero-order valence-corrected chi connectivity index (χ0v) is 17.8. The van der Waals surface area contributed by atoms with Crippen molar-refractivity contribution in [3.8, 4) is 0 Å². The van der Waals surface area contributed by atoms with Crippen LogP contribution >= 0.6 is 0 Å². The number of nitrogens with zero attached hydrogens (tertiary/aromatic N) is 3. The number of hydrogen-bond donors (Lipinski definition) is 2. The van der Waals surface area contributed by atoms with Gasteiger partial charge in [-0.15, -0.1) is 0 Å². The molecule has 28 heavy (non-hydrogen) atoms. The molecular weight excluding hydrogens is 384 g/mol. The summed E-state index contributed by atoms with van der Waals surface area (Å²) in [6.45, 7) is 4.60. The summed E-state index contributed by atoms with van der Waals surface area (Å²) in [5, 5.41) is 16.3. The number of amides is 1. The first-order chi connectivity index (χ1) is 13.0. The van der Waals surface area contributed by atoms with Crippen molar-refractivity contribution >= 4 is 21.8 Å². The lowest BCUT2D eigenvalue weighted by molar-refractivity contribution is -0.127. The molecule has 0 atom stereocenters. The van der Waals surface area contributed by atoms with Crippen LogP contribution in [0.25, 0.3) is 0 Å². The molecule has 3 rings (SSSR count). The molecule has 1 aliphatic carbocycles. The number of carbonyl (C=O) groups excluding carboxylic acids is 1. The van der Waals surface area contributed by atoms with E-state index in [1.807, 2.05) is 25.8 Å². The smallest absolute Gasteiger partial charge is 0.246 e. The molecule has 1 saturated heterocycles. The number of anilines is 1. The van der Waals surface area contributed by atoms with Gasteiger partial charge in [0.25, 0.3) is 0 Å². The molecule has 1 aromatic rings. The maximum atomic E-state index is 12.9. The number of rotatable bonds is 7. The van der Waals surface area contributed by atoms with E-state index in [-0.39, 0.29) is 29.9 Å². The number of aliphatic hydroxyl groups is 1. The van der Waals surface area contributed by atoms with Gasteiger partial charge in [-0.1, -0.05) is 5.16 Å². The highest BCUT2D eigenvalue weighted by atomic mass is 32.2. The molecule has 158 valence electrons. The van der Waals surface area contributed by atoms with Gasteiger partial charge in [-0.25, -0.2) is 12.7 Å². The second-order valence-electron chi connectivity index (χ2n) is 8.53. The third-order valence-electron chi connectivity index (χ3n) is 6.32. The number of aliphatic hydroxyl groups excluding tert-OH is 1. The minimum Gasteiger partial charge on any atom is -0.395 e. The molecule has 0 spiro atoms. The zero-order chi connectivity index (χ0) is 20.7. The number of sulfonamides is 1. The average Bonchev–Trinajstić information content (AvgIpc) is 3.32. The normalized spacial score (nSPS) is 21.1. The van der Waals surface area contributed by atoms with Crippen molar-refractivity contribution in [1.29, 1.82) is 0 Å². The fourth-order valence-corrected chi connectivity index (χ4v) is 4.55. The predicted molar refractivity (Wildman–Crippen MR) is 104 cm³/mol. The Balaban J connectivity index is 1.61. The van der Waals surface area contributed by atoms with Crippen LogP contribution in [0.1, 0.15) is 45.2 Å². The monoisotopic (exact) mass is 414 g/mol. The molecule has 9 nitrogen and oxygen atoms in total. The topological polar surface area (TPSA) is 116 Å². The number of aromatic nitrogens is 1. The van der Waals surface area contributed by atoms with E-state index >= 15 is 0 Å². The highest BCUT2D eigenvalue weighted by molar-refractivity contribution is 7.88. The Morgan fingerprint density at radius 3 is 2.54 bits per heavy atom. The maximum absolute atomic E-state index is 12.9. The minimum atomic E-state index is -3.18. The van der Waals surface area contributed by atoms with Crippen LogP contribution in [0.4, 0.5) is 5.88 Å². The van der Waals surface area contributed by atoms with E-state index in [9.17, 15) is 18.3 Å². The molecular formula is C18H30N4O5S. The quantitative estimate of drug-likeness (QED) is 0.677. The number of likely N-dealkylation sites (N-methyl/N-ethyl adjacent to an activating group) is 1. The largest absolute Gasteiger partial charge is 0.395 e. The Morgan fingerprint density at radius 1 is 1.43 bits per heavy atom. The molecule has 10 heteroatoms. The fourth-order valence-electron chi connectivity index (χ4n) is 3.67. The SMILES string of the molecule is CN(C1CCN(S(C)(=O)=O)CC1)C(C)(C)C(=O)Nc1cc(C2(CO)CC2)no1. The third-order valence-corrected chi connectivity index (χ3v) is 7.63. The van der Waals surface area contributed by atoms with Gasteiger partial charge in [-0.05, 0) is 46.6 Å². The number of piperidine rings is 1. The molecule has 1 aliphatic heterocycles. The molecule has 1 saturated carbocycles. The lowest BCUT2D eigenvalue weighted by Crippen LogP contribution is -2.57. The number of hydrogen-bond acceptors (Lipinski definition) is 7. The second kappa shape index (κ2) is 7.40. The molecule has 0 aromatic carbocycles. The van der Waals surface area contributed by atoms with Crippen molar-refractivity contribution in [3.05, 3.63) is 11.8 Å². The van der Waals surface area contributed by atoms with Gasteiger partial charge in [-0.2, -0.15) is 0 Å². The first kappa shape index (κ1) is 21.2. The predicted octanol–water partition coefficient (Wildman–Crippen LogP) is 0.771. The van der Waals surface area contributed by atoms with Crippen molar-refractivity contribution in [3.63, 3.8) is 0 Å². The van der Waals surface area contributed by atoms with Crippen LogP contribution in [0.3, 0.4) is 0 Å². The lowest BCUT2D eigenvalue weighted by Gasteiger charge is -2.43. The number of carbonyl (C=O) groups is 1. The Bertz CT molecular complexity index is 823. The molecule has 2 fully saturated rings. The van der Waals surface area contributed by atoms with Gasteiger partial charge in [0.2, 0.25) is 21.8 Å². The average molecular weight is 415 g/mol. The minimum absolute atomic E-state index is 0.0212. The molecule has 0 unspecified atom stereocenters. The van der Waals surface area contributed by atoms with Crippen LogP contribution < -0.4 is 5.32 Å². The molecule has 0 bridgehead atoms. The zero-order valence-electron chi connectivity index (χ0n) is 16.9. The molecule has 0 radical (unpaired) electrons. The molecule has 2 aliphatic rings. The molecule has 2 N–H and O–H groups in total. The van der Waals surface area contributed by atoms with Crippen LogP contribution in [-0.2, 0) is 20.2 Å². The summed E-state index contributed by atoms with van der Waals surface area (Å²) < 4.78 is 30.1. The van der Waals surface area contributed by atoms with Crippen LogP contribution in [0.5, 0.6) is 0 Å². The van der Waals surface area contributed by atoms with Crippen molar-refractivity contribution in [2.75, 3.05) is 38.3 Å². The van der Waals surface area contributed by atoms with E-state index in [1.165, 1.54) is 10.6 Å². The van der Waals surface area contributed by atoms with Gasteiger partial charge in [0.1, 0.15) is 0 Å². The van der Waals surface area contributed by atoms with Crippen molar-refractivity contribution in [2.24, 2.45) is 0 Å². The van der Waals surface area contributed by atoms with E-state index < -0.39 is 15.6 Å². The Morgan fingerprint density at radius 2 is 2.04 bits per heavy atom. The fraction of sp³-hybridized carbons (Fsp3) is 0.778. The summed E-state index contributed by atoms with van der Waals surface area (Å²) in [6.07, 6.45) is 4.30. The lowest BCUT2D eigenvalue weighted by atomic mass is 9.95. The van der Waals surface area contributed by atoms with E-state index in [2.05, 4.69) is 10.5 Å². The standard InChI is InChI=1S/C18H30N4O5S/c1-17(2,21(3)13-5-9-22(10-6-13)28(4,25)26)16(24)19-15-11-14(20-27-15)18(12-23)7-8-18/h11,13,23H,5-10,12H2,1-4H3,(H,19,24). The first-order valence-corrected chi connectivity index (χ1v) is 11.4. The van der Waals surface area contributed by atoms with Crippen LogP contribution in [0, 0.1) is 0 Å². The summed E-state index contributed by atoms with van der Waals surface area (Å²) in [7, 11) is -1.29. The second-order valence-corrected chi connectivity index (χ2v) is 10.5. The van der Waals surface area contributed by atoms with Gasteiger partial charge in [-0.3, -0.25) is 15.0 Å². The van der Waals surface area contributed by atoms with Crippen molar-refractivity contribution < 1.29 is 22.8 Å². The van der Waals surface area contributed by atoms with Gasteiger partial charge in [0, 0.05) is 30.6 Å². The van der Waals surface area contributed by atoms with Gasteiger partial charge in [0.15, 0.2) is 0 Å². The highest BCUT2D eigenvalue weighted by Crippen LogP contribution is 2.47. The Hall–Kier alpha value is -1.49. The van der Waals surface area contributed by atoms with E-state index in [0.29, 0.717) is 31.6 Å². The van der Waals surface area contributed by atoms with Crippen molar-refractivity contribution in [2.45, 2.75) is 56.5 Å². The van der Waals surface area contributed by atoms with Gasteiger partial charge in [0.05, 0.1) is 24.1 Å². The molecule has 2 heterocycles. The molecule has 1 aromatic heterocycles. The summed E-state index contributed by atoms with van der Waals surface area (Å²) in [5.74, 6) is 0.0465. The third kappa shape index (κ3) is 4.10. The van der Waals surface area contributed by atoms with E-state index in [1.54, 1.807) is 6.07 Å². The molecule has 1 amide bonds. The maximum Gasteiger partial charge on any atom is 0.246 e. The number of nitrogens with one attached hydrogen (secondary N) is 1. The first-order valence-electron chi connectivity index (χ1n) is 9.57. The van der Waals surface area contributed by atoms with Gasteiger partial charge < -0.3 is 9.63 Å². The van der Waals surface area contributed by atoms with E-state index in [0.717, 1.165) is 12.8 Å².